The largest absolute Gasteiger partial charge is 0.448 e. The maximum atomic E-state index is 12.9. The van der Waals surface area contributed by atoms with E-state index in [9.17, 15) is 19.2 Å². The van der Waals surface area contributed by atoms with Crippen LogP contribution in [0, 0.1) is 11.8 Å². The third-order valence-corrected chi connectivity index (χ3v) is 10.5. The molecule has 54 heavy (non-hydrogen) atoms. The average molecular weight is 715 g/mol. The Morgan fingerprint density at radius 2 is 1.74 bits per heavy atom. The summed E-state index contributed by atoms with van der Waals surface area (Å²) in [7, 11) is 3.67. The molecule has 0 spiro atoms. The lowest BCUT2D eigenvalue weighted by molar-refractivity contribution is -0.134. The molecule has 2 aliphatic rings. The second kappa shape index (κ2) is 13.0. The van der Waals surface area contributed by atoms with Crippen LogP contribution in [0.4, 0.5) is 0 Å². The SMILES string of the molecule is Cn1c(=O)n(C)c2c(C3CC3)cc(-c3cccc4cc(-c5ccc(C(=O)NCC#Cc6cc7c(C8CCC(=O)NC8=O)cccc7o6)nc5)ncc34)cc21. The average Bonchev–Trinajstić information content (AvgIpc) is 3.91. The number of fused-ring (bicyclic) bond motifs is 3. The van der Waals surface area contributed by atoms with Gasteiger partial charge in [-0.15, -0.1) is 0 Å². The normalized spacial score (nSPS) is 15.7. The van der Waals surface area contributed by atoms with E-state index < -0.39 is 5.92 Å². The Morgan fingerprint density at radius 3 is 2.54 bits per heavy atom. The van der Waals surface area contributed by atoms with Gasteiger partial charge in [0.1, 0.15) is 11.3 Å². The molecule has 7 aromatic rings. The van der Waals surface area contributed by atoms with E-state index >= 15 is 0 Å². The van der Waals surface area contributed by atoms with E-state index in [2.05, 4.69) is 51.7 Å². The molecule has 2 N–H and O–H groups in total. The monoisotopic (exact) mass is 714 g/mol. The van der Waals surface area contributed by atoms with Crippen LogP contribution in [0.1, 0.15) is 64.9 Å². The Kier molecular flexibility index (Phi) is 7.96. The fraction of sp³-hybridized carbons (Fsp3) is 0.209. The molecule has 1 saturated heterocycles. The second-order valence-electron chi connectivity index (χ2n) is 14.0. The number of amides is 3. The molecule has 3 aromatic carbocycles. The van der Waals surface area contributed by atoms with Crippen molar-refractivity contribution in [2.24, 2.45) is 14.1 Å². The molecule has 266 valence electrons. The lowest BCUT2D eigenvalue weighted by Gasteiger charge is -2.21. The highest BCUT2D eigenvalue weighted by Gasteiger charge is 2.30. The molecule has 3 amide bonds. The van der Waals surface area contributed by atoms with E-state index in [0.29, 0.717) is 23.7 Å². The van der Waals surface area contributed by atoms with Crippen LogP contribution in [-0.4, -0.2) is 43.4 Å². The number of carbonyl (C=O) groups excluding carboxylic acids is 3. The van der Waals surface area contributed by atoms with Gasteiger partial charge in [0, 0.05) is 55.3 Å². The molecule has 9 rings (SSSR count). The number of pyridine rings is 2. The van der Waals surface area contributed by atoms with Crippen molar-refractivity contribution in [3.05, 3.63) is 118 Å². The third kappa shape index (κ3) is 5.82. The summed E-state index contributed by atoms with van der Waals surface area (Å²) in [5, 5.41) is 7.98. The quantitative estimate of drug-likeness (QED) is 0.157. The fourth-order valence-electron chi connectivity index (χ4n) is 7.59. The molecule has 11 heteroatoms. The molecule has 1 atom stereocenters. The highest BCUT2D eigenvalue weighted by atomic mass is 16.3. The fourth-order valence-corrected chi connectivity index (χ4v) is 7.59. The van der Waals surface area contributed by atoms with Crippen molar-refractivity contribution >= 4 is 50.5 Å². The molecule has 1 saturated carbocycles. The summed E-state index contributed by atoms with van der Waals surface area (Å²) >= 11 is 0. The predicted octanol–water partition coefficient (Wildman–Crippen LogP) is 6.08. The number of hydrogen-bond donors (Lipinski definition) is 2. The third-order valence-electron chi connectivity index (χ3n) is 10.5. The Hall–Kier alpha value is -6.80. The van der Waals surface area contributed by atoms with E-state index in [4.69, 9.17) is 9.40 Å². The number of piperidine rings is 1. The van der Waals surface area contributed by atoms with Gasteiger partial charge in [-0.25, -0.2) is 4.79 Å². The summed E-state index contributed by atoms with van der Waals surface area (Å²) < 4.78 is 9.37. The number of furan rings is 1. The summed E-state index contributed by atoms with van der Waals surface area (Å²) in [6.07, 6.45) is 6.50. The van der Waals surface area contributed by atoms with Gasteiger partial charge >= 0.3 is 5.69 Å². The molecule has 1 aliphatic heterocycles. The molecule has 4 aromatic heterocycles. The molecular weight excluding hydrogens is 681 g/mol. The zero-order valence-corrected chi connectivity index (χ0v) is 29.6. The van der Waals surface area contributed by atoms with Crippen molar-refractivity contribution in [3.63, 3.8) is 0 Å². The smallest absolute Gasteiger partial charge is 0.328 e. The second-order valence-corrected chi connectivity index (χ2v) is 14.0. The number of imide groups is 1. The van der Waals surface area contributed by atoms with Crippen LogP contribution >= 0.6 is 0 Å². The van der Waals surface area contributed by atoms with Crippen LogP contribution in [-0.2, 0) is 23.7 Å². The van der Waals surface area contributed by atoms with Crippen molar-refractivity contribution in [2.75, 3.05) is 6.54 Å². The first-order chi connectivity index (χ1) is 26.2. The molecular formula is C43H34N6O5. The van der Waals surface area contributed by atoms with E-state index in [-0.39, 0.29) is 42.1 Å². The van der Waals surface area contributed by atoms with Crippen molar-refractivity contribution in [1.29, 1.82) is 0 Å². The van der Waals surface area contributed by atoms with Gasteiger partial charge in [-0.1, -0.05) is 36.3 Å². The molecule has 1 aliphatic carbocycles. The lowest BCUT2D eigenvalue weighted by atomic mass is 9.88. The van der Waals surface area contributed by atoms with Crippen LogP contribution in [0.25, 0.3) is 55.2 Å². The van der Waals surface area contributed by atoms with Crippen LogP contribution in [0.3, 0.4) is 0 Å². The Labute approximate surface area is 309 Å². The topological polar surface area (TPSA) is 141 Å². The highest BCUT2D eigenvalue weighted by molar-refractivity contribution is 6.03. The number of benzene rings is 3. The van der Waals surface area contributed by atoms with Crippen LogP contribution in [0.2, 0.25) is 0 Å². The first-order valence-electron chi connectivity index (χ1n) is 17.9. The van der Waals surface area contributed by atoms with Crippen molar-refractivity contribution in [1.82, 2.24) is 29.7 Å². The molecule has 5 heterocycles. The lowest BCUT2D eigenvalue weighted by Crippen LogP contribution is -2.39. The minimum Gasteiger partial charge on any atom is -0.448 e. The van der Waals surface area contributed by atoms with Crippen LogP contribution < -0.4 is 16.3 Å². The Bertz CT molecular complexity index is 2830. The van der Waals surface area contributed by atoms with Crippen molar-refractivity contribution in [3.8, 4) is 34.2 Å². The first-order valence-corrected chi connectivity index (χ1v) is 17.9. The van der Waals surface area contributed by atoms with Gasteiger partial charge in [0.15, 0.2) is 5.76 Å². The zero-order valence-electron chi connectivity index (χ0n) is 29.6. The van der Waals surface area contributed by atoms with Crippen LogP contribution in [0.5, 0.6) is 0 Å². The number of aryl methyl sites for hydroxylation is 2. The number of hydrogen-bond acceptors (Lipinski definition) is 7. The van der Waals surface area contributed by atoms with Gasteiger partial charge in [-0.2, -0.15) is 0 Å². The van der Waals surface area contributed by atoms with E-state index in [0.717, 1.165) is 68.0 Å². The number of nitrogens with one attached hydrogen (secondary N) is 2. The Balaban J connectivity index is 0.898. The van der Waals surface area contributed by atoms with Gasteiger partial charge < -0.3 is 9.73 Å². The summed E-state index contributed by atoms with van der Waals surface area (Å²) in [4.78, 5) is 59.0. The standard InChI is InChI=1S/C43H34N6O5/c1-48-37-20-27(18-32(24-11-12-24)40(37)49(2)43(48)53)29-8-3-6-25-19-36(46-23-34(25)29)26-13-15-35(45-22-26)42(52)44-17-5-7-28-21-33-30(9-4-10-38(33)54-28)31-14-16-39(50)47-41(31)51/h3-4,6,8-10,13,15,18-24,31H,11-12,14,16-17H2,1-2H3,(H,44,52)(H,47,50,51). The van der Waals surface area contributed by atoms with Crippen LogP contribution in [0.15, 0.2) is 94.4 Å². The number of aromatic nitrogens is 4. The minimum atomic E-state index is -0.436. The van der Waals surface area contributed by atoms with Crippen molar-refractivity contribution < 1.29 is 18.8 Å². The van der Waals surface area contributed by atoms with Gasteiger partial charge in [-0.3, -0.25) is 38.8 Å². The summed E-state index contributed by atoms with van der Waals surface area (Å²) in [5.74, 6) is 5.37. The number of nitrogens with zero attached hydrogens (tertiary/aromatic N) is 4. The maximum absolute atomic E-state index is 12.9. The molecule has 0 radical (unpaired) electrons. The van der Waals surface area contributed by atoms with E-state index in [1.54, 1.807) is 33.5 Å². The molecule has 1 unspecified atom stereocenters. The summed E-state index contributed by atoms with van der Waals surface area (Å²) in [6, 6.07) is 23.3. The zero-order chi connectivity index (χ0) is 37.1. The molecule has 11 nitrogen and oxygen atoms in total. The number of imidazole rings is 1. The summed E-state index contributed by atoms with van der Waals surface area (Å²) in [6.45, 7) is 0.0730. The van der Waals surface area contributed by atoms with Gasteiger partial charge in [-0.05, 0) is 95.1 Å². The van der Waals surface area contributed by atoms with Gasteiger partial charge in [0.2, 0.25) is 11.8 Å². The summed E-state index contributed by atoms with van der Waals surface area (Å²) in [5.41, 5.74) is 8.39. The number of carbonyl (C=O) groups is 3. The maximum Gasteiger partial charge on any atom is 0.328 e. The predicted molar refractivity (Wildman–Crippen MR) is 205 cm³/mol. The number of rotatable bonds is 6. The van der Waals surface area contributed by atoms with Gasteiger partial charge in [0.25, 0.3) is 5.91 Å². The van der Waals surface area contributed by atoms with Crippen molar-refractivity contribution in [2.45, 2.75) is 37.5 Å². The first kappa shape index (κ1) is 33.1. The minimum absolute atomic E-state index is 0.0253. The molecule has 2 fully saturated rings. The highest BCUT2D eigenvalue weighted by Crippen LogP contribution is 2.45. The van der Waals surface area contributed by atoms with E-state index in [1.165, 1.54) is 5.56 Å². The Morgan fingerprint density at radius 1 is 0.889 bits per heavy atom. The molecule has 0 bridgehead atoms. The van der Waals surface area contributed by atoms with E-state index in [1.807, 2.05) is 50.6 Å². The van der Waals surface area contributed by atoms with Gasteiger partial charge in [0.05, 0.1) is 29.2 Å².